The normalized spacial score (nSPS) is 12.3. The van der Waals surface area contributed by atoms with Gasteiger partial charge in [-0.25, -0.2) is 0 Å². The predicted molar refractivity (Wildman–Crippen MR) is 89.8 cm³/mol. The molecule has 0 fully saturated rings. The largest absolute Gasteiger partial charge is 0.496 e. The molecule has 0 aliphatic carbocycles. The average Bonchev–Trinajstić information content (AvgIpc) is 3.08. The number of carbonyl (C=O) groups excluding carboxylic acids is 1. The molecule has 2 aromatic heterocycles. The van der Waals surface area contributed by atoms with Crippen molar-refractivity contribution in [2.45, 2.75) is 19.9 Å². The van der Waals surface area contributed by atoms with E-state index in [9.17, 15) is 4.79 Å². The number of ether oxygens (including phenoxy) is 1. The highest BCUT2D eigenvalue weighted by Crippen LogP contribution is 2.27. The lowest BCUT2D eigenvalue weighted by Gasteiger charge is -2.17. The van der Waals surface area contributed by atoms with E-state index >= 15 is 0 Å². The van der Waals surface area contributed by atoms with Gasteiger partial charge in [0.25, 0.3) is 5.91 Å². The second kappa shape index (κ2) is 5.85. The summed E-state index contributed by atoms with van der Waals surface area (Å²) in [5, 5.41) is 6.09. The Morgan fingerprint density at radius 3 is 2.86 bits per heavy atom. The van der Waals surface area contributed by atoms with Gasteiger partial charge >= 0.3 is 0 Å². The lowest BCUT2D eigenvalue weighted by atomic mass is 10.0. The van der Waals surface area contributed by atoms with E-state index in [1.54, 1.807) is 18.4 Å². The number of H-pyrrole nitrogens is 1. The standard InChI is InChI=1S/C17H18N2O2S/c1-10-4-5-15(21-3)13(8-10)11(2)18-16(20)14-9-12-6-7-22-17(12)19-14/h4-9,11,19H,1-3H3,(H,18,20)/t11-/m0/s1. The molecule has 114 valence electrons. The van der Waals surface area contributed by atoms with Gasteiger partial charge in [0.15, 0.2) is 0 Å². The van der Waals surface area contributed by atoms with Gasteiger partial charge in [-0.2, -0.15) is 0 Å². The molecule has 1 aromatic carbocycles. The number of hydrogen-bond acceptors (Lipinski definition) is 3. The molecule has 0 saturated heterocycles. The van der Waals surface area contributed by atoms with Crippen LogP contribution in [-0.2, 0) is 0 Å². The van der Waals surface area contributed by atoms with Crippen molar-refractivity contribution < 1.29 is 9.53 Å². The van der Waals surface area contributed by atoms with Crippen molar-refractivity contribution in [2.24, 2.45) is 0 Å². The van der Waals surface area contributed by atoms with Crippen molar-refractivity contribution in [1.29, 1.82) is 0 Å². The number of fused-ring (bicyclic) bond motifs is 1. The summed E-state index contributed by atoms with van der Waals surface area (Å²) in [7, 11) is 1.64. The SMILES string of the molecule is COc1ccc(C)cc1[C@H](C)NC(=O)c1cc2ccsc2[nH]1. The van der Waals surface area contributed by atoms with Gasteiger partial charge in [0, 0.05) is 10.9 Å². The van der Waals surface area contributed by atoms with Crippen molar-refractivity contribution in [3.8, 4) is 5.75 Å². The monoisotopic (exact) mass is 314 g/mol. The third-order valence-corrected chi connectivity index (χ3v) is 4.53. The average molecular weight is 314 g/mol. The van der Waals surface area contributed by atoms with Gasteiger partial charge in [0.2, 0.25) is 0 Å². The first-order valence-electron chi connectivity index (χ1n) is 7.10. The number of aromatic amines is 1. The van der Waals surface area contributed by atoms with Gasteiger partial charge < -0.3 is 15.0 Å². The first-order chi connectivity index (χ1) is 10.6. The second-order valence-electron chi connectivity index (χ2n) is 5.33. The van der Waals surface area contributed by atoms with E-state index in [2.05, 4.69) is 10.3 Å². The van der Waals surface area contributed by atoms with E-state index in [1.165, 1.54) is 0 Å². The molecule has 2 heterocycles. The number of carbonyl (C=O) groups is 1. The minimum absolute atomic E-state index is 0.112. The van der Waals surface area contributed by atoms with Crippen LogP contribution in [0.4, 0.5) is 0 Å². The molecular formula is C17H18N2O2S. The summed E-state index contributed by atoms with van der Waals surface area (Å²) in [6, 6.07) is 9.70. The number of rotatable bonds is 4. The molecule has 0 saturated carbocycles. The van der Waals surface area contributed by atoms with Crippen LogP contribution in [-0.4, -0.2) is 18.0 Å². The maximum Gasteiger partial charge on any atom is 0.268 e. The number of aromatic nitrogens is 1. The number of benzene rings is 1. The molecule has 0 aliphatic heterocycles. The van der Waals surface area contributed by atoms with Gasteiger partial charge in [-0.05, 0) is 37.4 Å². The molecular weight excluding hydrogens is 296 g/mol. The Labute approximate surface area is 133 Å². The molecule has 0 aliphatic rings. The van der Waals surface area contributed by atoms with Crippen LogP contribution in [0.3, 0.4) is 0 Å². The van der Waals surface area contributed by atoms with E-state index < -0.39 is 0 Å². The second-order valence-corrected chi connectivity index (χ2v) is 6.24. The molecule has 0 unspecified atom stereocenters. The zero-order valence-corrected chi connectivity index (χ0v) is 13.6. The topological polar surface area (TPSA) is 54.1 Å². The summed E-state index contributed by atoms with van der Waals surface area (Å²) >= 11 is 1.59. The van der Waals surface area contributed by atoms with Gasteiger partial charge in [-0.15, -0.1) is 11.3 Å². The first-order valence-corrected chi connectivity index (χ1v) is 7.98. The maximum absolute atomic E-state index is 12.4. The maximum atomic E-state index is 12.4. The van der Waals surface area contributed by atoms with Gasteiger partial charge in [0.1, 0.15) is 16.3 Å². The predicted octanol–water partition coefficient (Wildman–Crippen LogP) is 4.04. The van der Waals surface area contributed by atoms with Crippen molar-refractivity contribution in [3.63, 3.8) is 0 Å². The Balaban J connectivity index is 1.81. The minimum atomic E-state index is -0.135. The fourth-order valence-corrected chi connectivity index (χ4v) is 3.30. The summed E-state index contributed by atoms with van der Waals surface area (Å²) in [5.74, 6) is 0.672. The minimum Gasteiger partial charge on any atom is -0.496 e. The molecule has 2 N–H and O–H groups in total. The number of methoxy groups -OCH3 is 1. The van der Waals surface area contributed by atoms with Crippen LogP contribution in [0.15, 0.2) is 35.7 Å². The summed E-state index contributed by atoms with van der Waals surface area (Å²) in [4.78, 5) is 16.6. The van der Waals surface area contributed by atoms with Crippen molar-refractivity contribution in [1.82, 2.24) is 10.3 Å². The highest BCUT2D eigenvalue weighted by molar-refractivity contribution is 7.16. The third kappa shape index (κ3) is 2.72. The first kappa shape index (κ1) is 14.7. The molecule has 1 amide bonds. The van der Waals surface area contributed by atoms with Crippen LogP contribution in [0.2, 0.25) is 0 Å². The quantitative estimate of drug-likeness (QED) is 0.763. The Kier molecular flexibility index (Phi) is 3.90. The molecule has 22 heavy (non-hydrogen) atoms. The summed E-state index contributed by atoms with van der Waals surface area (Å²) in [5.41, 5.74) is 2.70. The summed E-state index contributed by atoms with van der Waals surface area (Å²) < 4.78 is 5.39. The lowest BCUT2D eigenvalue weighted by Crippen LogP contribution is -2.27. The molecule has 4 nitrogen and oxygen atoms in total. The number of hydrogen-bond donors (Lipinski definition) is 2. The van der Waals surface area contributed by atoms with Crippen molar-refractivity contribution >= 4 is 27.5 Å². The molecule has 0 spiro atoms. The van der Waals surface area contributed by atoms with Crippen LogP contribution in [0.5, 0.6) is 5.75 Å². The Hall–Kier alpha value is -2.27. The summed E-state index contributed by atoms with van der Waals surface area (Å²) in [6.45, 7) is 3.98. The van der Waals surface area contributed by atoms with Crippen LogP contribution in [0, 0.1) is 6.92 Å². The number of thiophene rings is 1. The highest BCUT2D eigenvalue weighted by atomic mass is 32.1. The van der Waals surface area contributed by atoms with Crippen LogP contribution in [0.1, 0.15) is 34.6 Å². The molecule has 5 heteroatoms. The van der Waals surface area contributed by atoms with Crippen LogP contribution in [0.25, 0.3) is 10.2 Å². The Bertz CT molecular complexity index is 791. The smallest absolute Gasteiger partial charge is 0.268 e. The molecule has 3 aromatic rings. The van der Waals surface area contributed by atoms with Crippen molar-refractivity contribution in [2.75, 3.05) is 7.11 Å². The summed E-state index contributed by atoms with van der Waals surface area (Å²) in [6.07, 6.45) is 0. The number of aryl methyl sites for hydroxylation is 1. The zero-order valence-electron chi connectivity index (χ0n) is 12.8. The Morgan fingerprint density at radius 1 is 1.32 bits per heavy atom. The number of nitrogens with one attached hydrogen (secondary N) is 2. The lowest BCUT2D eigenvalue weighted by molar-refractivity contribution is 0.0935. The third-order valence-electron chi connectivity index (χ3n) is 3.69. The molecule has 1 atom stereocenters. The molecule has 0 radical (unpaired) electrons. The van der Waals surface area contributed by atoms with Gasteiger partial charge in [-0.1, -0.05) is 17.7 Å². The van der Waals surface area contributed by atoms with Crippen molar-refractivity contribution in [3.05, 3.63) is 52.5 Å². The van der Waals surface area contributed by atoms with Gasteiger partial charge in [0.05, 0.1) is 13.2 Å². The highest BCUT2D eigenvalue weighted by Gasteiger charge is 2.17. The fourth-order valence-electron chi connectivity index (χ4n) is 2.51. The van der Waals surface area contributed by atoms with E-state index in [0.717, 1.165) is 27.1 Å². The molecule has 0 bridgehead atoms. The van der Waals surface area contributed by atoms with Gasteiger partial charge in [-0.3, -0.25) is 4.79 Å². The van der Waals surface area contributed by atoms with E-state index in [-0.39, 0.29) is 11.9 Å². The van der Waals surface area contributed by atoms with Crippen LogP contribution < -0.4 is 10.1 Å². The van der Waals surface area contributed by atoms with E-state index in [1.807, 2.05) is 49.6 Å². The fraction of sp³-hybridized carbons (Fsp3) is 0.235. The van der Waals surface area contributed by atoms with E-state index in [0.29, 0.717) is 5.69 Å². The molecule has 3 rings (SSSR count). The Morgan fingerprint density at radius 2 is 2.14 bits per heavy atom. The number of amides is 1. The van der Waals surface area contributed by atoms with Crippen LogP contribution >= 0.6 is 11.3 Å². The van der Waals surface area contributed by atoms with E-state index in [4.69, 9.17) is 4.74 Å². The zero-order chi connectivity index (χ0) is 15.7.